The fourth-order valence-electron chi connectivity index (χ4n) is 2.24. The van der Waals surface area contributed by atoms with Crippen LogP contribution >= 0.6 is 12.4 Å². The summed E-state index contributed by atoms with van der Waals surface area (Å²) in [6.45, 7) is 2.06. The van der Waals surface area contributed by atoms with Gasteiger partial charge in [-0.1, -0.05) is 24.3 Å². The Labute approximate surface area is 123 Å². The summed E-state index contributed by atoms with van der Waals surface area (Å²) in [5.41, 5.74) is 2.33. The number of nitrogens with one attached hydrogen (secondary N) is 2. The van der Waals surface area contributed by atoms with Crippen molar-refractivity contribution in [2.75, 3.05) is 13.1 Å². The number of hydrogen-bond acceptors (Lipinski definition) is 2. The van der Waals surface area contributed by atoms with E-state index in [1.165, 1.54) is 5.56 Å². The first-order chi connectivity index (χ1) is 8.98. The molecule has 1 amide bonds. The van der Waals surface area contributed by atoms with Gasteiger partial charge in [-0.05, 0) is 24.5 Å². The Kier molecular flexibility index (Phi) is 5.89. The number of carbonyl (C=O) groups excluding carboxylic acids is 1. The van der Waals surface area contributed by atoms with Gasteiger partial charge in [0.1, 0.15) is 0 Å². The summed E-state index contributed by atoms with van der Waals surface area (Å²) in [6, 6.07) is 7.15. The Morgan fingerprint density at radius 3 is 2.75 bits per heavy atom. The minimum atomic E-state index is -2.77. The molecule has 0 radical (unpaired) electrons. The highest BCUT2D eigenvalue weighted by molar-refractivity contribution is 5.85. The molecule has 1 aliphatic rings. The second kappa shape index (κ2) is 6.99. The summed E-state index contributed by atoms with van der Waals surface area (Å²) in [4.78, 5) is 11.7. The summed E-state index contributed by atoms with van der Waals surface area (Å²) < 4.78 is 25.9. The van der Waals surface area contributed by atoms with E-state index >= 15 is 0 Å². The van der Waals surface area contributed by atoms with Gasteiger partial charge in [0.25, 0.3) is 5.92 Å². The van der Waals surface area contributed by atoms with Crippen LogP contribution in [0, 0.1) is 6.92 Å². The summed E-state index contributed by atoms with van der Waals surface area (Å²) >= 11 is 0. The normalized spacial score (nSPS) is 20.2. The van der Waals surface area contributed by atoms with Crippen LogP contribution in [0.1, 0.15) is 17.5 Å². The lowest BCUT2D eigenvalue weighted by Crippen LogP contribution is -2.41. The summed E-state index contributed by atoms with van der Waals surface area (Å²) in [6.07, 6.45) is 0.296. The fourth-order valence-corrected chi connectivity index (χ4v) is 2.24. The number of rotatable bonds is 4. The molecule has 0 spiro atoms. The van der Waals surface area contributed by atoms with E-state index < -0.39 is 24.9 Å². The van der Waals surface area contributed by atoms with Crippen LogP contribution in [0.2, 0.25) is 0 Å². The minimum Gasteiger partial charge on any atom is -0.354 e. The molecule has 1 atom stereocenters. The lowest BCUT2D eigenvalue weighted by molar-refractivity contribution is -0.123. The second-order valence-corrected chi connectivity index (χ2v) is 4.96. The van der Waals surface area contributed by atoms with E-state index in [2.05, 4.69) is 10.6 Å². The molecule has 1 fully saturated rings. The highest BCUT2D eigenvalue weighted by Crippen LogP contribution is 2.24. The van der Waals surface area contributed by atoms with Crippen molar-refractivity contribution in [3.63, 3.8) is 0 Å². The van der Waals surface area contributed by atoms with Crippen LogP contribution < -0.4 is 10.6 Å². The average molecular weight is 305 g/mol. The fraction of sp³-hybridized carbons (Fsp3) is 0.500. The Hall–Kier alpha value is -1.20. The van der Waals surface area contributed by atoms with E-state index in [0.717, 1.165) is 5.56 Å². The van der Waals surface area contributed by atoms with E-state index in [1.54, 1.807) is 0 Å². The van der Waals surface area contributed by atoms with E-state index in [4.69, 9.17) is 0 Å². The number of amides is 1. The minimum absolute atomic E-state index is 0. The van der Waals surface area contributed by atoms with Crippen LogP contribution in [0.5, 0.6) is 0 Å². The van der Waals surface area contributed by atoms with Crippen LogP contribution in [0.3, 0.4) is 0 Å². The largest absolute Gasteiger partial charge is 0.354 e. The Morgan fingerprint density at radius 2 is 2.15 bits per heavy atom. The molecule has 1 aromatic carbocycles. The number of benzene rings is 1. The van der Waals surface area contributed by atoms with E-state index in [9.17, 15) is 13.6 Å². The lowest BCUT2D eigenvalue weighted by Gasteiger charge is -2.12. The van der Waals surface area contributed by atoms with E-state index in [0.29, 0.717) is 13.0 Å². The number of alkyl halides is 2. The number of aryl methyl sites for hydroxylation is 1. The van der Waals surface area contributed by atoms with Gasteiger partial charge in [-0.25, -0.2) is 8.78 Å². The quantitative estimate of drug-likeness (QED) is 0.894. The molecule has 0 aliphatic carbocycles. The van der Waals surface area contributed by atoms with Crippen LogP contribution in [-0.2, 0) is 11.2 Å². The van der Waals surface area contributed by atoms with Gasteiger partial charge in [0, 0.05) is 13.0 Å². The summed E-state index contributed by atoms with van der Waals surface area (Å²) in [5, 5.41) is 5.25. The van der Waals surface area contributed by atoms with Crippen molar-refractivity contribution in [2.45, 2.75) is 31.7 Å². The molecule has 0 bridgehead atoms. The third kappa shape index (κ3) is 4.42. The Bertz CT molecular complexity index is 468. The van der Waals surface area contributed by atoms with Crippen molar-refractivity contribution in [1.29, 1.82) is 0 Å². The third-order valence-corrected chi connectivity index (χ3v) is 3.38. The Morgan fingerprint density at radius 1 is 1.45 bits per heavy atom. The predicted octanol–water partition coefficient (Wildman–Crippen LogP) is 2.07. The summed E-state index contributed by atoms with van der Waals surface area (Å²) in [7, 11) is 0. The SMILES string of the molecule is Cc1ccccc1CCNC(=O)C1CC(F)(F)CN1.Cl. The van der Waals surface area contributed by atoms with Gasteiger partial charge in [-0.15, -0.1) is 12.4 Å². The number of hydrogen-bond donors (Lipinski definition) is 2. The van der Waals surface area contributed by atoms with Crippen molar-refractivity contribution in [1.82, 2.24) is 10.6 Å². The van der Waals surface area contributed by atoms with Crippen molar-refractivity contribution < 1.29 is 13.6 Å². The zero-order chi connectivity index (χ0) is 13.9. The second-order valence-electron chi connectivity index (χ2n) is 4.96. The monoisotopic (exact) mass is 304 g/mol. The van der Waals surface area contributed by atoms with Gasteiger partial charge in [0.2, 0.25) is 5.91 Å². The average Bonchev–Trinajstić information content (AvgIpc) is 2.72. The van der Waals surface area contributed by atoms with Gasteiger partial charge in [-0.3, -0.25) is 10.1 Å². The lowest BCUT2D eigenvalue weighted by atomic mass is 10.1. The highest BCUT2D eigenvalue weighted by atomic mass is 35.5. The van der Waals surface area contributed by atoms with Gasteiger partial charge in [0.05, 0.1) is 12.6 Å². The molecular weight excluding hydrogens is 286 g/mol. The van der Waals surface area contributed by atoms with E-state index in [-0.39, 0.29) is 18.3 Å². The first-order valence-electron chi connectivity index (χ1n) is 6.41. The van der Waals surface area contributed by atoms with Crippen LogP contribution in [0.15, 0.2) is 24.3 Å². The molecule has 112 valence electrons. The first kappa shape index (κ1) is 16.9. The molecule has 3 nitrogen and oxygen atoms in total. The molecule has 0 aromatic heterocycles. The topological polar surface area (TPSA) is 41.1 Å². The molecule has 20 heavy (non-hydrogen) atoms. The first-order valence-corrected chi connectivity index (χ1v) is 6.41. The molecule has 1 aliphatic heterocycles. The molecule has 1 saturated heterocycles. The van der Waals surface area contributed by atoms with Gasteiger partial charge < -0.3 is 5.32 Å². The molecule has 2 N–H and O–H groups in total. The number of carbonyl (C=O) groups is 1. The smallest absolute Gasteiger partial charge is 0.262 e. The van der Waals surface area contributed by atoms with Crippen molar-refractivity contribution in [3.05, 3.63) is 35.4 Å². The maximum atomic E-state index is 13.0. The zero-order valence-electron chi connectivity index (χ0n) is 11.3. The van der Waals surface area contributed by atoms with Crippen LogP contribution in [0.25, 0.3) is 0 Å². The highest BCUT2D eigenvalue weighted by Gasteiger charge is 2.42. The van der Waals surface area contributed by atoms with Crippen LogP contribution in [-0.4, -0.2) is 31.0 Å². The van der Waals surface area contributed by atoms with Crippen LogP contribution in [0.4, 0.5) is 8.78 Å². The van der Waals surface area contributed by atoms with Gasteiger partial charge in [0.15, 0.2) is 0 Å². The number of halogens is 3. The van der Waals surface area contributed by atoms with E-state index in [1.807, 2.05) is 31.2 Å². The molecule has 1 aromatic rings. The maximum absolute atomic E-state index is 13.0. The van der Waals surface area contributed by atoms with Gasteiger partial charge in [-0.2, -0.15) is 0 Å². The maximum Gasteiger partial charge on any atom is 0.262 e. The van der Waals surface area contributed by atoms with Gasteiger partial charge >= 0.3 is 0 Å². The van der Waals surface area contributed by atoms with Crippen molar-refractivity contribution >= 4 is 18.3 Å². The Balaban J connectivity index is 0.00000200. The molecule has 1 unspecified atom stereocenters. The zero-order valence-corrected chi connectivity index (χ0v) is 12.1. The van der Waals surface area contributed by atoms with Crippen molar-refractivity contribution in [3.8, 4) is 0 Å². The third-order valence-electron chi connectivity index (χ3n) is 3.38. The molecule has 2 rings (SSSR count). The summed E-state index contributed by atoms with van der Waals surface area (Å²) in [5.74, 6) is -3.11. The molecule has 0 saturated carbocycles. The molecule has 1 heterocycles. The standard InChI is InChI=1S/C14H18F2N2O.ClH/c1-10-4-2-3-5-11(10)6-7-17-13(19)12-8-14(15,16)9-18-12;/h2-5,12,18H,6-9H2,1H3,(H,17,19);1H. The molecule has 6 heteroatoms. The van der Waals surface area contributed by atoms with Crippen molar-refractivity contribution in [2.24, 2.45) is 0 Å². The predicted molar refractivity (Wildman–Crippen MR) is 76.5 cm³/mol. The molecular formula is C14H19ClF2N2O.